The van der Waals surface area contributed by atoms with E-state index < -0.39 is 43.8 Å². The number of para-hydroxylation sites is 1. The summed E-state index contributed by atoms with van der Waals surface area (Å²) in [5.41, 5.74) is 4.70. The Labute approximate surface area is 307 Å². The third-order valence-electron chi connectivity index (χ3n) is 9.45. The fraction of sp³-hybridized carbons (Fsp3) is 0.676. The average Bonchev–Trinajstić information content (AvgIpc) is 3.67. The molecule has 0 radical (unpaired) electrons. The Morgan fingerprint density at radius 3 is 2.25 bits per heavy atom. The highest BCUT2D eigenvalue weighted by atomic mass is 31.2. The van der Waals surface area contributed by atoms with E-state index in [2.05, 4.69) is 27.0 Å². The number of unbranched alkanes of at least 4 members (excludes halogenated alkanes) is 14. The molecule has 0 bridgehead atoms. The highest BCUT2D eigenvalue weighted by molar-refractivity contribution is 7.52. The number of nitrogens with two attached hydrogens (primary N) is 1. The van der Waals surface area contributed by atoms with Crippen LogP contribution in [-0.2, 0) is 23.4 Å². The molecule has 1 unspecified atom stereocenters. The van der Waals surface area contributed by atoms with Gasteiger partial charge in [0.1, 0.15) is 23.6 Å². The largest absolute Gasteiger partial charge is 0.465 e. The summed E-state index contributed by atoms with van der Waals surface area (Å²) < 4.78 is 52.7. The number of halogens is 1. The van der Waals surface area contributed by atoms with Crippen LogP contribution in [0.15, 0.2) is 36.7 Å². The van der Waals surface area contributed by atoms with Crippen molar-refractivity contribution in [1.82, 2.24) is 24.6 Å². The van der Waals surface area contributed by atoms with Crippen molar-refractivity contribution >= 4 is 30.7 Å². The fourth-order valence-corrected chi connectivity index (χ4v) is 7.87. The lowest BCUT2D eigenvalue weighted by atomic mass is 10.0. The SMILES string of the molecule is CCCCCCCCCCCCCCCCCOC(=O)[C@H](C)NP(=O)(OC[C@@]1(C)O[C@@H](n2cnc3c(N)nc(F)nc32)C[C@@H]1O)Oc1ccccc1. The Kier molecular flexibility index (Phi) is 16.7. The van der Waals surface area contributed by atoms with Crippen molar-refractivity contribution in [2.45, 2.75) is 147 Å². The molecule has 15 heteroatoms. The number of esters is 1. The Morgan fingerprint density at radius 1 is 1.04 bits per heavy atom. The molecule has 1 aliphatic heterocycles. The number of nitrogens with zero attached hydrogens (tertiary/aromatic N) is 4. The van der Waals surface area contributed by atoms with Crippen LogP contribution in [0.25, 0.3) is 11.2 Å². The van der Waals surface area contributed by atoms with Gasteiger partial charge in [-0.25, -0.2) is 9.55 Å². The van der Waals surface area contributed by atoms with Crippen LogP contribution in [0.2, 0.25) is 0 Å². The van der Waals surface area contributed by atoms with Gasteiger partial charge < -0.3 is 24.8 Å². The molecule has 0 amide bonds. The Morgan fingerprint density at radius 2 is 1.63 bits per heavy atom. The van der Waals surface area contributed by atoms with Gasteiger partial charge in [0.05, 0.1) is 25.6 Å². The minimum Gasteiger partial charge on any atom is -0.465 e. The number of aromatic nitrogens is 4. The Hall–Kier alpha value is -3.16. The monoisotopic (exact) mass is 748 g/mol. The van der Waals surface area contributed by atoms with Crippen molar-refractivity contribution in [2.75, 3.05) is 18.9 Å². The van der Waals surface area contributed by atoms with E-state index in [9.17, 15) is 18.9 Å². The molecule has 1 fully saturated rings. The number of fused-ring (bicyclic) bond motifs is 1. The number of carbonyl (C=O) groups is 1. The first-order chi connectivity index (χ1) is 25.0. The van der Waals surface area contributed by atoms with Crippen molar-refractivity contribution in [3.8, 4) is 5.75 Å². The zero-order valence-corrected chi connectivity index (χ0v) is 31.9. The van der Waals surface area contributed by atoms with Gasteiger partial charge in [-0.15, -0.1) is 0 Å². The second-order valence-corrected chi connectivity index (χ2v) is 15.7. The van der Waals surface area contributed by atoms with Crippen molar-refractivity contribution in [3.63, 3.8) is 0 Å². The van der Waals surface area contributed by atoms with Gasteiger partial charge in [0, 0.05) is 6.42 Å². The van der Waals surface area contributed by atoms with Crippen LogP contribution in [0.3, 0.4) is 0 Å². The van der Waals surface area contributed by atoms with Crippen LogP contribution in [0, 0.1) is 6.08 Å². The lowest BCUT2D eigenvalue weighted by Gasteiger charge is -2.30. The van der Waals surface area contributed by atoms with Gasteiger partial charge in [-0.1, -0.05) is 115 Å². The molecule has 0 spiro atoms. The van der Waals surface area contributed by atoms with Crippen LogP contribution in [0.5, 0.6) is 5.75 Å². The number of rotatable bonds is 25. The third-order valence-corrected chi connectivity index (χ3v) is 11.1. The predicted octanol–water partition coefficient (Wildman–Crippen LogP) is 8.18. The summed E-state index contributed by atoms with van der Waals surface area (Å²) in [6, 6.07) is 7.37. The van der Waals surface area contributed by atoms with E-state index in [1.807, 2.05) is 0 Å². The molecular formula is C37H58FN6O7P. The number of ether oxygens (including phenoxy) is 2. The molecule has 1 aliphatic rings. The van der Waals surface area contributed by atoms with Gasteiger partial charge in [-0.2, -0.15) is 19.4 Å². The first-order valence-corrected chi connectivity index (χ1v) is 20.5. The summed E-state index contributed by atoms with van der Waals surface area (Å²) in [6.45, 7) is 5.23. The van der Waals surface area contributed by atoms with E-state index >= 15 is 0 Å². The maximum Gasteiger partial charge on any atom is 0.459 e. The molecule has 0 aliphatic carbocycles. The van der Waals surface area contributed by atoms with E-state index in [0.717, 1.165) is 19.3 Å². The smallest absolute Gasteiger partial charge is 0.459 e. The topological polar surface area (TPSA) is 173 Å². The standard InChI is InChI=1S/C37H58FN6O7P/c1-4-5-6-7-8-9-10-11-12-13-14-15-16-17-21-24-48-35(46)28(2)43-52(47,51-29-22-19-18-20-23-29)49-26-37(3)30(45)25-31(50-37)44-27-40-32-33(39)41-36(38)42-34(32)44/h18-20,22-23,27-28,30-31,45H,4-17,21,24-26H2,1-3H3,(H,43,47)(H2,39,41,42)/t28-,30-,31+,37+,52?/m0/s1. The van der Waals surface area contributed by atoms with E-state index in [4.69, 9.17) is 24.3 Å². The molecule has 3 heterocycles. The number of nitrogen functional groups attached to an aromatic ring is 1. The number of aliphatic hydroxyl groups is 1. The normalized spacial score (nSPS) is 20.6. The third kappa shape index (κ3) is 12.8. The molecule has 1 aromatic carbocycles. The van der Waals surface area contributed by atoms with Gasteiger partial charge >= 0.3 is 19.8 Å². The minimum atomic E-state index is -4.23. The van der Waals surface area contributed by atoms with E-state index in [1.54, 1.807) is 37.3 Å². The van der Waals surface area contributed by atoms with Gasteiger partial charge in [0.25, 0.3) is 0 Å². The second-order valence-electron chi connectivity index (χ2n) is 14.0. The zero-order valence-electron chi connectivity index (χ0n) is 31.0. The van der Waals surface area contributed by atoms with Gasteiger partial charge in [-0.05, 0) is 32.4 Å². The molecule has 5 atom stereocenters. The maximum atomic E-state index is 14.1. The van der Waals surface area contributed by atoms with Crippen molar-refractivity contribution in [1.29, 1.82) is 0 Å². The quantitative estimate of drug-likeness (QED) is 0.0329. The lowest BCUT2D eigenvalue weighted by Crippen LogP contribution is -2.42. The number of hydrogen-bond donors (Lipinski definition) is 3. The van der Waals surface area contributed by atoms with Crippen LogP contribution >= 0.6 is 7.75 Å². The zero-order chi connectivity index (χ0) is 37.4. The Balaban J connectivity index is 1.20. The highest BCUT2D eigenvalue weighted by Crippen LogP contribution is 2.48. The number of imidazole rings is 1. The maximum absolute atomic E-state index is 14.1. The predicted molar refractivity (Wildman–Crippen MR) is 198 cm³/mol. The molecule has 1 saturated heterocycles. The molecule has 3 aromatic rings. The van der Waals surface area contributed by atoms with E-state index in [-0.39, 0.29) is 42.4 Å². The molecule has 0 saturated carbocycles. The van der Waals surface area contributed by atoms with Crippen molar-refractivity contribution in [2.24, 2.45) is 0 Å². The molecular weight excluding hydrogens is 690 g/mol. The first-order valence-electron chi connectivity index (χ1n) is 19.0. The summed E-state index contributed by atoms with van der Waals surface area (Å²) in [7, 11) is -4.23. The number of nitrogens with one attached hydrogen (secondary N) is 1. The summed E-state index contributed by atoms with van der Waals surface area (Å²) in [5.74, 6) is -0.468. The fourth-order valence-electron chi connectivity index (χ4n) is 6.28. The summed E-state index contributed by atoms with van der Waals surface area (Å²) in [5, 5.41) is 13.7. The van der Waals surface area contributed by atoms with Crippen molar-refractivity contribution in [3.05, 3.63) is 42.7 Å². The van der Waals surface area contributed by atoms with Crippen LogP contribution < -0.4 is 15.3 Å². The second kappa shape index (κ2) is 20.9. The van der Waals surface area contributed by atoms with Gasteiger partial charge in [-0.3, -0.25) is 13.9 Å². The van der Waals surface area contributed by atoms with E-state index in [0.29, 0.717) is 0 Å². The minimum absolute atomic E-state index is 0.0656. The number of aliphatic hydroxyl groups excluding tert-OH is 1. The summed E-state index contributed by atoms with van der Waals surface area (Å²) in [6.07, 6.45) is 17.2. The number of carbonyl (C=O) groups excluding carboxylic acids is 1. The van der Waals surface area contributed by atoms with Crippen LogP contribution in [0.1, 0.15) is 130 Å². The van der Waals surface area contributed by atoms with E-state index in [1.165, 1.54) is 94.9 Å². The number of hydrogen-bond acceptors (Lipinski definition) is 11. The summed E-state index contributed by atoms with van der Waals surface area (Å²) >= 11 is 0. The molecule has 13 nitrogen and oxygen atoms in total. The Bertz CT molecular complexity index is 1570. The molecule has 4 N–H and O–H groups in total. The molecule has 52 heavy (non-hydrogen) atoms. The molecule has 4 rings (SSSR count). The number of benzene rings is 1. The van der Waals surface area contributed by atoms with Crippen LogP contribution in [-0.4, -0.2) is 61.6 Å². The van der Waals surface area contributed by atoms with Crippen molar-refractivity contribution < 1.29 is 37.4 Å². The summed E-state index contributed by atoms with van der Waals surface area (Å²) in [4.78, 5) is 24.3. The van der Waals surface area contributed by atoms with Gasteiger partial charge in [0.15, 0.2) is 17.0 Å². The molecule has 290 valence electrons. The number of anilines is 1. The first kappa shape index (κ1) is 41.6. The average molecular weight is 749 g/mol. The van der Waals surface area contributed by atoms with Crippen LogP contribution in [0.4, 0.5) is 10.2 Å². The molecule has 2 aromatic heterocycles. The highest BCUT2D eigenvalue weighted by Gasteiger charge is 2.48. The lowest BCUT2D eigenvalue weighted by molar-refractivity contribution is -0.145. The van der Waals surface area contributed by atoms with Gasteiger partial charge in [0.2, 0.25) is 0 Å².